The SMILES string of the molecule is Cn1c(C(=O)O)cc(=O)c2ccc(Br)cc21. The van der Waals surface area contributed by atoms with Gasteiger partial charge in [-0.1, -0.05) is 15.9 Å². The van der Waals surface area contributed by atoms with Gasteiger partial charge in [0.05, 0.1) is 5.52 Å². The minimum Gasteiger partial charge on any atom is -0.477 e. The molecule has 0 radical (unpaired) electrons. The number of halogens is 1. The third-order valence-corrected chi connectivity index (χ3v) is 2.93. The Morgan fingerprint density at radius 3 is 2.69 bits per heavy atom. The van der Waals surface area contributed by atoms with E-state index in [1.165, 1.54) is 4.57 Å². The molecule has 2 rings (SSSR count). The molecular formula is C11H8BrNO3. The predicted octanol–water partition coefficient (Wildman–Crippen LogP) is 2.00. The van der Waals surface area contributed by atoms with E-state index >= 15 is 0 Å². The number of hydrogen-bond acceptors (Lipinski definition) is 2. The molecule has 0 saturated heterocycles. The van der Waals surface area contributed by atoms with Gasteiger partial charge >= 0.3 is 5.97 Å². The van der Waals surface area contributed by atoms with E-state index in [0.717, 1.165) is 10.5 Å². The number of carboxylic acids is 1. The zero-order chi connectivity index (χ0) is 11.9. The molecule has 0 unspecified atom stereocenters. The highest BCUT2D eigenvalue weighted by atomic mass is 79.9. The van der Waals surface area contributed by atoms with Crippen LogP contribution >= 0.6 is 15.9 Å². The van der Waals surface area contributed by atoms with Gasteiger partial charge in [-0.2, -0.15) is 0 Å². The number of hydrogen-bond donors (Lipinski definition) is 1. The van der Waals surface area contributed by atoms with Crippen LogP contribution in [0.2, 0.25) is 0 Å². The minimum absolute atomic E-state index is 0.0180. The van der Waals surface area contributed by atoms with Crippen molar-refractivity contribution in [2.75, 3.05) is 0 Å². The zero-order valence-electron chi connectivity index (χ0n) is 8.40. The molecule has 5 heteroatoms. The molecule has 0 spiro atoms. The second kappa shape index (κ2) is 3.75. The molecule has 0 aliphatic carbocycles. The lowest BCUT2D eigenvalue weighted by molar-refractivity contribution is 0.0686. The molecule has 16 heavy (non-hydrogen) atoms. The predicted molar refractivity (Wildman–Crippen MR) is 63.8 cm³/mol. The monoisotopic (exact) mass is 281 g/mol. The van der Waals surface area contributed by atoms with Crippen molar-refractivity contribution in [1.82, 2.24) is 4.57 Å². The van der Waals surface area contributed by atoms with E-state index < -0.39 is 5.97 Å². The first kappa shape index (κ1) is 10.9. The van der Waals surface area contributed by atoms with Gasteiger partial charge in [0.1, 0.15) is 5.69 Å². The van der Waals surface area contributed by atoms with Gasteiger partial charge in [0.25, 0.3) is 0 Å². The van der Waals surface area contributed by atoms with E-state index in [-0.39, 0.29) is 11.1 Å². The van der Waals surface area contributed by atoms with Crippen molar-refractivity contribution >= 4 is 32.8 Å². The Labute approximate surface area is 99.3 Å². The third kappa shape index (κ3) is 1.63. The fourth-order valence-corrected chi connectivity index (χ4v) is 1.97. The lowest BCUT2D eigenvalue weighted by Gasteiger charge is -2.09. The van der Waals surface area contributed by atoms with Crippen LogP contribution in [-0.2, 0) is 7.05 Å². The molecule has 1 aromatic heterocycles. The number of nitrogens with zero attached hydrogens (tertiary/aromatic N) is 1. The lowest BCUT2D eigenvalue weighted by atomic mass is 10.2. The zero-order valence-corrected chi connectivity index (χ0v) is 9.98. The first-order valence-electron chi connectivity index (χ1n) is 4.53. The van der Waals surface area contributed by atoms with Crippen molar-refractivity contribution in [2.24, 2.45) is 7.05 Å². The van der Waals surface area contributed by atoms with Crippen molar-refractivity contribution in [3.05, 3.63) is 44.7 Å². The van der Waals surface area contributed by atoms with Crippen LogP contribution < -0.4 is 5.43 Å². The van der Waals surface area contributed by atoms with Crippen LogP contribution in [0.4, 0.5) is 0 Å². The summed E-state index contributed by atoms with van der Waals surface area (Å²) >= 11 is 3.29. The number of carboxylic acid groups (broad SMARTS) is 1. The first-order valence-corrected chi connectivity index (χ1v) is 5.32. The highest BCUT2D eigenvalue weighted by molar-refractivity contribution is 9.10. The van der Waals surface area contributed by atoms with Crippen LogP contribution in [-0.4, -0.2) is 15.6 Å². The fourth-order valence-electron chi connectivity index (χ4n) is 1.62. The van der Waals surface area contributed by atoms with Crippen molar-refractivity contribution in [2.45, 2.75) is 0 Å². The summed E-state index contributed by atoms with van der Waals surface area (Å²) in [6.45, 7) is 0. The van der Waals surface area contributed by atoms with E-state index in [0.29, 0.717) is 10.9 Å². The Bertz CT molecular complexity index is 645. The number of benzene rings is 1. The fraction of sp³-hybridized carbons (Fsp3) is 0.0909. The molecule has 1 N–H and O–H groups in total. The van der Waals surface area contributed by atoms with Crippen LogP contribution in [0.25, 0.3) is 10.9 Å². The number of carbonyl (C=O) groups is 1. The standard InChI is InChI=1S/C11H8BrNO3/c1-13-8-4-6(12)2-3-7(8)10(14)5-9(13)11(15)16/h2-5H,1H3,(H,15,16). The van der Waals surface area contributed by atoms with Gasteiger partial charge in [0.2, 0.25) is 0 Å². The number of fused-ring (bicyclic) bond motifs is 1. The number of pyridine rings is 1. The Kier molecular flexibility index (Phi) is 2.55. The van der Waals surface area contributed by atoms with Crippen molar-refractivity contribution in [3.8, 4) is 0 Å². The van der Waals surface area contributed by atoms with E-state index in [4.69, 9.17) is 5.11 Å². The van der Waals surface area contributed by atoms with Crippen LogP contribution in [0, 0.1) is 0 Å². The van der Waals surface area contributed by atoms with Crippen LogP contribution in [0.5, 0.6) is 0 Å². The average Bonchev–Trinajstić information content (AvgIpc) is 2.22. The molecule has 0 amide bonds. The first-order chi connectivity index (χ1) is 7.50. The maximum absolute atomic E-state index is 11.7. The van der Waals surface area contributed by atoms with Crippen LogP contribution in [0.15, 0.2) is 33.5 Å². The molecule has 82 valence electrons. The second-order valence-corrected chi connectivity index (χ2v) is 4.34. The maximum atomic E-state index is 11.7. The molecule has 4 nitrogen and oxygen atoms in total. The van der Waals surface area contributed by atoms with Crippen LogP contribution in [0.1, 0.15) is 10.5 Å². The summed E-state index contributed by atoms with van der Waals surface area (Å²) in [6.07, 6.45) is 0. The molecule has 0 saturated carbocycles. The number of aromatic carboxylic acids is 1. The average molecular weight is 282 g/mol. The number of aryl methyl sites for hydroxylation is 1. The number of aromatic nitrogens is 1. The Hall–Kier alpha value is -1.62. The Balaban J connectivity index is 2.97. The van der Waals surface area contributed by atoms with E-state index in [2.05, 4.69) is 15.9 Å². The highest BCUT2D eigenvalue weighted by Crippen LogP contribution is 2.17. The van der Waals surface area contributed by atoms with Gasteiger partial charge in [-0.05, 0) is 18.2 Å². The van der Waals surface area contributed by atoms with E-state index in [1.807, 2.05) is 0 Å². The molecule has 0 aliphatic heterocycles. The smallest absolute Gasteiger partial charge is 0.352 e. The summed E-state index contributed by atoms with van der Waals surface area (Å²) in [6, 6.07) is 6.29. The Morgan fingerprint density at radius 2 is 2.06 bits per heavy atom. The molecule has 0 bridgehead atoms. The van der Waals surface area contributed by atoms with Gasteiger partial charge in [-0.3, -0.25) is 4.79 Å². The van der Waals surface area contributed by atoms with E-state index in [1.54, 1.807) is 25.2 Å². The summed E-state index contributed by atoms with van der Waals surface area (Å²) in [5, 5.41) is 9.46. The molecule has 0 aliphatic rings. The Morgan fingerprint density at radius 1 is 1.38 bits per heavy atom. The topological polar surface area (TPSA) is 59.3 Å². The maximum Gasteiger partial charge on any atom is 0.352 e. The highest BCUT2D eigenvalue weighted by Gasteiger charge is 2.11. The molecule has 2 aromatic rings. The van der Waals surface area contributed by atoms with Crippen molar-refractivity contribution in [1.29, 1.82) is 0 Å². The molecule has 0 fully saturated rings. The second-order valence-electron chi connectivity index (χ2n) is 3.42. The lowest BCUT2D eigenvalue weighted by Crippen LogP contribution is -2.15. The summed E-state index contributed by atoms with van der Waals surface area (Å²) in [7, 11) is 1.62. The van der Waals surface area contributed by atoms with Gasteiger partial charge in [-0.25, -0.2) is 4.79 Å². The van der Waals surface area contributed by atoms with Gasteiger partial charge in [-0.15, -0.1) is 0 Å². The normalized spacial score (nSPS) is 10.6. The van der Waals surface area contributed by atoms with E-state index in [9.17, 15) is 9.59 Å². The molecular weight excluding hydrogens is 274 g/mol. The quantitative estimate of drug-likeness (QED) is 0.870. The van der Waals surface area contributed by atoms with Gasteiger partial charge in [0, 0.05) is 23.0 Å². The molecule has 1 heterocycles. The third-order valence-electron chi connectivity index (χ3n) is 2.43. The van der Waals surface area contributed by atoms with Gasteiger partial charge < -0.3 is 9.67 Å². The summed E-state index contributed by atoms with van der Waals surface area (Å²) in [4.78, 5) is 22.6. The molecule has 1 aromatic carbocycles. The summed E-state index contributed by atoms with van der Waals surface area (Å²) in [5.41, 5.74) is 0.299. The van der Waals surface area contributed by atoms with Crippen LogP contribution in [0.3, 0.4) is 0 Å². The van der Waals surface area contributed by atoms with Crippen molar-refractivity contribution < 1.29 is 9.90 Å². The largest absolute Gasteiger partial charge is 0.477 e. The summed E-state index contributed by atoms with van der Waals surface area (Å²) < 4.78 is 2.29. The number of rotatable bonds is 1. The molecule has 0 atom stereocenters. The minimum atomic E-state index is -1.11. The van der Waals surface area contributed by atoms with Gasteiger partial charge in [0.15, 0.2) is 5.43 Å². The van der Waals surface area contributed by atoms with Crippen molar-refractivity contribution in [3.63, 3.8) is 0 Å². The summed E-state index contributed by atoms with van der Waals surface area (Å²) in [5.74, 6) is -1.11.